The van der Waals surface area contributed by atoms with E-state index in [4.69, 9.17) is 9.47 Å². The Morgan fingerprint density at radius 2 is 1.81 bits per heavy atom. The van der Waals surface area contributed by atoms with Crippen LogP contribution in [0.1, 0.15) is 16.5 Å². The van der Waals surface area contributed by atoms with Gasteiger partial charge in [0.05, 0.1) is 19.6 Å². The highest BCUT2D eigenvalue weighted by Gasteiger charge is 2.18. The van der Waals surface area contributed by atoms with Gasteiger partial charge in [-0.3, -0.25) is 4.90 Å². The first-order valence-electron chi connectivity index (χ1n) is 5.08. The van der Waals surface area contributed by atoms with Crippen LogP contribution in [0.4, 0.5) is 0 Å². The van der Waals surface area contributed by atoms with E-state index in [0.29, 0.717) is 0 Å². The van der Waals surface area contributed by atoms with E-state index in [2.05, 4.69) is 12.6 Å². The number of aryl methyl sites for hydroxylation is 1. The summed E-state index contributed by atoms with van der Waals surface area (Å²) in [5.74, 6) is 1.61. The molecule has 0 aliphatic heterocycles. The second kappa shape index (κ2) is 5.46. The third-order valence-electron chi connectivity index (χ3n) is 2.53. The van der Waals surface area contributed by atoms with Crippen LogP contribution in [0.25, 0.3) is 0 Å². The van der Waals surface area contributed by atoms with Gasteiger partial charge in [0.1, 0.15) is 11.5 Å². The van der Waals surface area contributed by atoms with Crippen LogP contribution in [0.15, 0.2) is 12.1 Å². The maximum Gasteiger partial charge on any atom is 0.128 e. The molecule has 0 saturated heterocycles. The van der Waals surface area contributed by atoms with E-state index in [1.807, 2.05) is 38.1 Å². The van der Waals surface area contributed by atoms with Crippen molar-refractivity contribution in [3.63, 3.8) is 0 Å². The maximum atomic E-state index is 5.38. The Kier molecular flexibility index (Phi) is 4.50. The minimum absolute atomic E-state index is 0.0147. The van der Waals surface area contributed by atoms with Gasteiger partial charge in [-0.05, 0) is 32.6 Å². The van der Waals surface area contributed by atoms with E-state index in [1.165, 1.54) is 0 Å². The van der Waals surface area contributed by atoms with Crippen LogP contribution in [-0.2, 0) is 0 Å². The molecular formula is C12H19NO2S. The highest BCUT2D eigenvalue weighted by atomic mass is 32.1. The molecule has 0 aliphatic rings. The largest absolute Gasteiger partial charge is 0.497 e. The van der Waals surface area contributed by atoms with E-state index in [1.54, 1.807) is 14.2 Å². The zero-order valence-electron chi connectivity index (χ0n) is 10.4. The summed E-state index contributed by atoms with van der Waals surface area (Å²) in [5, 5.41) is 0.0147. The van der Waals surface area contributed by atoms with Crippen LogP contribution in [0, 0.1) is 6.92 Å². The van der Waals surface area contributed by atoms with Gasteiger partial charge in [-0.2, -0.15) is 12.6 Å². The SMILES string of the molecule is COc1cc(C)c(C(S)N(C)C)c(OC)c1. The van der Waals surface area contributed by atoms with Gasteiger partial charge in [0.2, 0.25) is 0 Å². The van der Waals surface area contributed by atoms with Crippen molar-refractivity contribution in [1.29, 1.82) is 0 Å². The molecule has 1 atom stereocenters. The van der Waals surface area contributed by atoms with Gasteiger partial charge < -0.3 is 9.47 Å². The summed E-state index contributed by atoms with van der Waals surface area (Å²) < 4.78 is 10.6. The second-order valence-electron chi connectivity index (χ2n) is 3.90. The van der Waals surface area contributed by atoms with Crippen molar-refractivity contribution >= 4 is 12.6 Å². The highest BCUT2D eigenvalue weighted by Crippen LogP contribution is 2.36. The summed E-state index contributed by atoms with van der Waals surface area (Å²) in [6.07, 6.45) is 0. The predicted octanol–water partition coefficient (Wildman–Crippen LogP) is 2.50. The molecule has 0 radical (unpaired) electrons. The van der Waals surface area contributed by atoms with Crippen LogP contribution in [0.3, 0.4) is 0 Å². The molecule has 16 heavy (non-hydrogen) atoms. The van der Waals surface area contributed by atoms with E-state index >= 15 is 0 Å². The molecule has 0 aromatic heterocycles. The van der Waals surface area contributed by atoms with Crippen molar-refractivity contribution in [2.45, 2.75) is 12.3 Å². The third kappa shape index (κ3) is 2.62. The fourth-order valence-corrected chi connectivity index (χ4v) is 1.94. The number of hydrogen-bond acceptors (Lipinski definition) is 4. The molecule has 90 valence electrons. The number of methoxy groups -OCH3 is 2. The monoisotopic (exact) mass is 241 g/mol. The molecule has 1 unspecified atom stereocenters. The predicted molar refractivity (Wildman–Crippen MR) is 69.7 cm³/mol. The molecule has 1 aromatic rings. The number of hydrogen-bond donors (Lipinski definition) is 1. The van der Waals surface area contributed by atoms with Crippen LogP contribution in [-0.4, -0.2) is 33.2 Å². The van der Waals surface area contributed by atoms with E-state index < -0.39 is 0 Å². The minimum atomic E-state index is 0.0147. The number of rotatable bonds is 4. The first-order chi connectivity index (χ1) is 7.51. The van der Waals surface area contributed by atoms with Gasteiger partial charge in [0.15, 0.2) is 0 Å². The Hall–Kier alpha value is -0.870. The number of benzene rings is 1. The Morgan fingerprint density at radius 3 is 2.25 bits per heavy atom. The van der Waals surface area contributed by atoms with Crippen molar-refractivity contribution in [2.75, 3.05) is 28.3 Å². The summed E-state index contributed by atoms with van der Waals surface area (Å²) in [6.45, 7) is 2.03. The zero-order chi connectivity index (χ0) is 12.3. The standard InChI is InChI=1S/C12H19NO2S/c1-8-6-9(14-4)7-10(15-5)11(8)12(16)13(2)3/h6-7,12,16H,1-5H3. The lowest BCUT2D eigenvalue weighted by Crippen LogP contribution is -2.16. The van der Waals surface area contributed by atoms with Gasteiger partial charge in [-0.15, -0.1) is 0 Å². The highest BCUT2D eigenvalue weighted by molar-refractivity contribution is 7.80. The smallest absolute Gasteiger partial charge is 0.128 e. The molecule has 0 heterocycles. The van der Waals surface area contributed by atoms with Gasteiger partial charge in [0.25, 0.3) is 0 Å². The van der Waals surface area contributed by atoms with Crippen LogP contribution < -0.4 is 9.47 Å². The van der Waals surface area contributed by atoms with Crippen molar-refractivity contribution in [1.82, 2.24) is 4.90 Å². The Morgan fingerprint density at radius 1 is 1.19 bits per heavy atom. The van der Waals surface area contributed by atoms with Crippen LogP contribution in [0.5, 0.6) is 11.5 Å². The molecule has 0 saturated carbocycles. The second-order valence-corrected chi connectivity index (χ2v) is 4.39. The number of ether oxygens (including phenoxy) is 2. The normalized spacial score (nSPS) is 12.7. The molecule has 1 rings (SSSR count). The molecule has 0 bridgehead atoms. The van der Waals surface area contributed by atoms with Crippen molar-refractivity contribution in [2.24, 2.45) is 0 Å². The molecule has 3 nitrogen and oxygen atoms in total. The van der Waals surface area contributed by atoms with E-state index in [-0.39, 0.29) is 5.37 Å². The van der Waals surface area contributed by atoms with Crippen molar-refractivity contribution in [3.8, 4) is 11.5 Å². The lowest BCUT2D eigenvalue weighted by Gasteiger charge is -2.23. The zero-order valence-corrected chi connectivity index (χ0v) is 11.3. The summed E-state index contributed by atoms with van der Waals surface area (Å²) in [4.78, 5) is 2.03. The Bertz CT molecular complexity index is 366. The summed E-state index contributed by atoms with van der Waals surface area (Å²) in [5.41, 5.74) is 2.20. The van der Waals surface area contributed by atoms with Crippen molar-refractivity contribution < 1.29 is 9.47 Å². The van der Waals surface area contributed by atoms with Crippen LogP contribution in [0.2, 0.25) is 0 Å². The fraction of sp³-hybridized carbons (Fsp3) is 0.500. The van der Waals surface area contributed by atoms with Gasteiger partial charge in [0, 0.05) is 11.6 Å². The lowest BCUT2D eigenvalue weighted by molar-refractivity contribution is 0.360. The quantitative estimate of drug-likeness (QED) is 0.646. The molecule has 0 fully saturated rings. The third-order valence-corrected chi connectivity index (χ3v) is 3.25. The molecule has 4 heteroatoms. The molecule has 0 amide bonds. The molecular weight excluding hydrogens is 222 g/mol. The Labute approximate surface area is 103 Å². The van der Waals surface area contributed by atoms with Crippen LogP contribution >= 0.6 is 12.6 Å². The summed E-state index contributed by atoms with van der Waals surface area (Å²) in [6, 6.07) is 3.87. The molecule has 0 N–H and O–H groups in total. The van der Waals surface area contributed by atoms with Gasteiger partial charge >= 0.3 is 0 Å². The number of nitrogens with zero attached hydrogens (tertiary/aromatic N) is 1. The topological polar surface area (TPSA) is 21.7 Å². The molecule has 1 aromatic carbocycles. The Balaban J connectivity index is 3.26. The van der Waals surface area contributed by atoms with E-state index in [0.717, 1.165) is 22.6 Å². The minimum Gasteiger partial charge on any atom is -0.497 e. The number of thiol groups is 1. The summed E-state index contributed by atoms with van der Waals surface area (Å²) in [7, 11) is 7.29. The first-order valence-corrected chi connectivity index (χ1v) is 5.60. The van der Waals surface area contributed by atoms with Crippen molar-refractivity contribution in [3.05, 3.63) is 23.3 Å². The van der Waals surface area contributed by atoms with Gasteiger partial charge in [-0.25, -0.2) is 0 Å². The van der Waals surface area contributed by atoms with Gasteiger partial charge in [-0.1, -0.05) is 0 Å². The van der Waals surface area contributed by atoms with E-state index in [9.17, 15) is 0 Å². The molecule has 0 aliphatic carbocycles. The lowest BCUT2D eigenvalue weighted by atomic mass is 10.1. The fourth-order valence-electron chi connectivity index (χ4n) is 1.61. The first kappa shape index (κ1) is 13.2. The summed E-state index contributed by atoms with van der Waals surface area (Å²) >= 11 is 4.58. The average Bonchev–Trinajstić information content (AvgIpc) is 2.26. The maximum absolute atomic E-state index is 5.38. The molecule has 0 spiro atoms. The average molecular weight is 241 g/mol.